The Kier molecular flexibility index (Phi) is 5.44. The van der Waals surface area contributed by atoms with E-state index in [9.17, 15) is 4.79 Å². The summed E-state index contributed by atoms with van der Waals surface area (Å²) in [6.07, 6.45) is 4.00. The minimum Gasteiger partial charge on any atom is -0.353 e. The second-order valence-corrected chi connectivity index (χ2v) is 6.21. The van der Waals surface area contributed by atoms with E-state index in [1.807, 2.05) is 31.2 Å². The number of hydrogen-bond acceptors (Lipinski definition) is 2. The smallest absolute Gasteiger partial charge is 0.223 e. The summed E-state index contributed by atoms with van der Waals surface area (Å²) < 4.78 is 0. The number of benzene rings is 1. The van der Waals surface area contributed by atoms with Crippen molar-refractivity contribution in [1.29, 1.82) is 0 Å². The predicted molar refractivity (Wildman–Crippen MR) is 82.6 cm³/mol. The van der Waals surface area contributed by atoms with Crippen molar-refractivity contribution in [3.8, 4) is 0 Å². The summed E-state index contributed by atoms with van der Waals surface area (Å²) in [5.41, 5.74) is 6.92. The highest BCUT2D eigenvalue weighted by Crippen LogP contribution is 2.31. The van der Waals surface area contributed by atoms with E-state index in [2.05, 4.69) is 5.32 Å². The molecule has 0 spiro atoms. The van der Waals surface area contributed by atoms with Gasteiger partial charge in [-0.1, -0.05) is 30.2 Å². The Balaban J connectivity index is 1.86. The van der Waals surface area contributed by atoms with Gasteiger partial charge in [0.25, 0.3) is 0 Å². The number of nitrogens with two attached hydrogens (primary N) is 1. The Labute approximate surface area is 125 Å². The minimum absolute atomic E-state index is 0.104. The van der Waals surface area contributed by atoms with Gasteiger partial charge < -0.3 is 11.1 Å². The quantitative estimate of drug-likeness (QED) is 0.877. The average molecular weight is 295 g/mol. The Morgan fingerprint density at radius 1 is 1.40 bits per heavy atom. The molecule has 0 bridgehead atoms. The second kappa shape index (κ2) is 7.09. The fraction of sp³-hybridized carbons (Fsp3) is 0.562. The van der Waals surface area contributed by atoms with Crippen LogP contribution in [0.25, 0.3) is 0 Å². The van der Waals surface area contributed by atoms with Crippen LogP contribution < -0.4 is 11.1 Å². The zero-order valence-electron chi connectivity index (χ0n) is 11.9. The topological polar surface area (TPSA) is 55.1 Å². The van der Waals surface area contributed by atoms with Crippen molar-refractivity contribution >= 4 is 17.5 Å². The Morgan fingerprint density at radius 3 is 2.75 bits per heavy atom. The van der Waals surface area contributed by atoms with Gasteiger partial charge in [0.15, 0.2) is 0 Å². The van der Waals surface area contributed by atoms with E-state index in [1.54, 1.807) is 0 Å². The van der Waals surface area contributed by atoms with Crippen LogP contribution in [0.3, 0.4) is 0 Å². The number of carbonyl (C=O) groups is 1. The molecule has 3 unspecified atom stereocenters. The van der Waals surface area contributed by atoms with E-state index in [-0.39, 0.29) is 17.9 Å². The van der Waals surface area contributed by atoms with Crippen LogP contribution in [0.1, 0.15) is 31.7 Å². The van der Waals surface area contributed by atoms with Gasteiger partial charge in [-0.2, -0.15) is 0 Å². The van der Waals surface area contributed by atoms with Crippen LogP contribution >= 0.6 is 11.6 Å². The highest BCUT2D eigenvalue weighted by molar-refractivity contribution is 6.30. The number of amides is 1. The van der Waals surface area contributed by atoms with E-state index in [0.29, 0.717) is 12.5 Å². The van der Waals surface area contributed by atoms with Gasteiger partial charge in [-0.3, -0.25) is 4.79 Å². The number of hydrogen-bond donors (Lipinski definition) is 2. The van der Waals surface area contributed by atoms with Gasteiger partial charge >= 0.3 is 0 Å². The van der Waals surface area contributed by atoms with Crippen molar-refractivity contribution in [3.63, 3.8) is 0 Å². The number of carbonyl (C=O) groups excluding carboxylic acids is 1. The van der Waals surface area contributed by atoms with Gasteiger partial charge in [0.05, 0.1) is 0 Å². The molecule has 1 fully saturated rings. The molecular formula is C16H23ClN2O. The molecule has 1 aliphatic rings. The highest BCUT2D eigenvalue weighted by Gasteiger charge is 2.32. The maximum Gasteiger partial charge on any atom is 0.223 e. The minimum atomic E-state index is 0.104. The molecule has 4 heteroatoms. The van der Waals surface area contributed by atoms with Gasteiger partial charge in [0.1, 0.15) is 0 Å². The van der Waals surface area contributed by atoms with Gasteiger partial charge in [0.2, 0.25) is 5.91 Å². The predicted octanol–water partition coefficient (Wildman–Crippen LogP) is 2.76. The molecule has 0 saturated heterocycles. The third-order valence-electron chi connectivity index (χ3n) is 4.14. The maximum absolute atomic E-state index is 12.3. The van der Waals surface area contributed by atoms with E-state index in [4.69, 9.17) is 17.3 Å². The summed E-state index contributed by atoms with van der Waals surface area (Å²) in [6, 6.07) is 7.90. The highest BCUT2D eigenvalue weighted by atomic mass is 35.5. The number of nitrogens with one attached hydrogen (secondary N) is 1. The van der Waals surface area contributed by atoms with Crippen molar-refractivity contribution < 1.29 is 4.79 Å². The van der Waals surface area contributed by atoms with Crippen LogP contribution in [-0.2, 0) is 11.2 Å². The van der Waals surface area contributed by atoms with Gasteiger partial charge in [0, 0.05) is 17.0 Å². The SMILES string of the molecule is CC(Cc1ccc(Cl)cc1)NC(=O)C1CCCC1CN. The molecule has 1 aliphatic carbocycles. The largest absolute Gasteiger partial charge is 0.353 e. The Morgan fingerprint density at radius 2 is 2.10 bits per heavy atom. The fourth-order valence-corrected chi connectivity index (χ4v) is 3.17. The summed E-state index contributed by atoms with van der Waals surface area (Å²) in [5, 5.41) is 3.86. The van der Waals surface area contributed by atoms with Crippen LogP contribution in [0, 0.1) is 11.8 Å². The second-order valence-electron chi connectivity index (χ2n) is 5.77. The molecule has 3 atom stereocenters. The number of halogens is 1. The molecule has 1 amide bonds. The van der Waals surface area contributed by atoms with Crippen molar-refractivity contribution in [2.45, 2.75) is 38.6 Å². The maximum atomic E-state index is 12.3. The van der Waals surface area contributed by atoms with Gasteiger partial charge in [-0.15, -0.1) is 0 Å². The third-order valence-corrected chi connectivity index (χ3v) is 4.39. The molecule has 0 aliphatic heterocycles. The van der Waals surface area contributed by atoms with E-state index in [1.165, 1.54) is 5.56 Å². The van der Waals surface area contributed by atoms with Crippen molar-refractivity contribution in [1.82, 2.24) is 5.32 Å². The van der Waals surface area contributed by atoms with Gasteiger partial charge in [-0.25, -0.2) is 0 Å². The van der Waals surface area contributed by atoms with Crippen molar-refractivity contribution in [2.75, 3.05) is 6.54 Å². The van der Waals surface area contributed by atoms with E-state index in [0.717, 1.165) is 30.7 Å². The summed E-state index contributed by atoms with van der Waals surface area (Å²) >= 11 is 5.87. The normalized spacial score (nSPS) is 23.6. The fourth-order valence-electron chi connectivity index (χ4n) is 3.04. The summed E-state index contributed by atoms with van der Waals surface area (Å²) in [5.74, 6) is 0.629. The third kappa shape index (κ3) is 3.97. The zero-order valence-corrected chi connectivity index (χ0v) is 12.7. The lowest BCUT2D eigenvalue weighted by molar-refractivity contribution is -0.126. The van der Waals surface area contributed by atoms with Crippen molar-refractivity contribution in [2.24, 2.45) is 17.6 Å². The Hall–Kier alpha value is -1.06. The van der Waals surface area contributed by atoms with Crippen LogP contribution in [0.2, 0.25) is 5.02 Å². The van der Waals surface area contributed by atoms with Crippen LogP contribution in [-0.4, -0.2) is 18.5 Å². The molecular weight excluding hydrogens is 272 g/mol. The summed E-state index contributed by atoms with van der Waals surface area (Å²) in [7, 11) is 0. The molecule has 3 N–H and O–H groups in total. The summed E-state index contributed by atoms with van der Waals surface area (Å²) in [4.78, 5) is 12.3. The van der Waals surface area contributed by atoms with Gasteiger partial charge in [-0.05, 0) is 56.3 Å². The first kappa shape index (κ1) is 15.3. The summed E-state index contributed by atoms with van der Waals surface area (Å²) in [6.45, 7) is 2.66. The lowest BCUT2D eigenvalue weighted by Gasteiger charge is -2.21. The number of rotatable bonds is 5. The lowest BCUT2D eigenvalue weighted by atomic mass is 9.95. The molecule has 110 valence electrons. The zero-order chi connectivity index (χ0) is 14.5. The first-order chi connectivity index (χ1) is 9.60. The molecule has 0 radical (unpaired) electrons. The molecule has 1 aromatic rings. The van der Waals surface area contributed by atoms with Crippen LogP contribution in [0.5, 0.6) is 0 Å². The monoisotopic (exact) mass is 294 g/mol. The molecule has 1 saturated carbocycles. The molecule has 0 aromatic heterocycles. The molecule has 1 aromatic carbocycles. The molecule has 0 heterocycles. The standard InChI is InChI=1S/C16H23ClN2O/c1-11(9-12-5-7-14(17)8-6-12)19-16(20)15-4-2-3-13(15)10-18/h5-8,11,13,15H,2-4,9-10,18H2,1H3,(H,19,20). The lowest BCUT2D eigenvalue weighted by Crippen LogP contribution is -2.40. The Bertz CT molecular complexity index is 446. The van der Waals surface area contributed by atoms with Crippen LogP contribution in [0.15, 0.2) is 24.3 Å². The molecule has 2 rings (SSSR count). The van der Waals surface area contributed by atoms with E-state index >= 15 is 0 Å². The molecule has 3 nitrogen and oxygen atoms in total. The van der Waals surface area contributed by atoms with E-state index < -0.39 is 0 Å². The molecule has 20 heavy (non-hydrogen) atoms. The first-order valence-corrected chi connectivity index (χ1v) is 7.73. The van der Waals surface area contributed by atoms with Crippen LogP contribution in [0.4, 0.5) is 0 Å². The first-order valence-electron chi connectivity index (χ1n) is 7.35. The van der Waals surface area contributed by atoms with Crippen molar-refractivity contribution in [3.05, 3.63) is 34.9 Å². The average Bonchev–Trinajstić information content (AvgIpc) is 2.89.